The molecule has 0 unspecified atom stereocenters. The van der Waals surface area contributed by atoms with Gasteiger partial charge in [-0.05, 0) is 38.6 Å². The fourth-order valence-electron chi connectivity index (χ4n) is 2.89. The maximum absolute atomic E-state index is 9.91. The summed E-state index contributed by atoms with van der Waals surface area (Å²) < 4.78 is 10.9. The van der Waals surface area contributed by atoms with E-state index in [-0.39, 0.29) is 5.75 Å². The van der Waals surface area contributed by atoms with Gasteiger partial charge < -0.3 is 24.4 Å². The minimum atomic E-state index is -0.516. The lowest BCUT2D eigenvalue weighted by Gasteiger charge is -2.32. The third kappa shape index (κ3) is 3.95. The summed E-state index contributed by atoms with van der Waals surface area (Å²) in [5.74, 6) is 0.148. The molecule has 122 valence electrons. The predicted octanol–water partition coefficient (Wildman–Crippen LogP) is 1.01. The van der Waals surface area contributed by atoms with Crippen molar-refractivity contribution >= 4 is 0 Å². The monoisotopic (exact) mass is 307 g/mol. The highest BCUT2D eigenvalue weighted by molar-refractivity contribution is 5.29. The number of nitrogens with zero attached hydrogens (tertiary/aromatic N) is 3. The molecule has 6 heteroatoms. The van der Waals surface area contributed by atoms with E-state index in [9.17, 15) is 5.11 Å². The van der Waals surface area contributed by atoms with Crippen LogP contribution in [0.25, 0.3) is 0 Å². The molecular weight excluding hydrogens is 282 g/mol. The molecule has 0 amide bonds. The molecule has 0 spiro atoms. The molecule has 0 saturated carbocycles. The average Bonchev–Trinajstić information content (AvgIpc) is 3.05. The lowest BCUT2D eigenvalue weighted by atomic mass is 10.2. The number of hydrogen-bond acceptors (Lipinski definition) is 6. The summed E-state index contributed by atoms with van der Waals surface area (Å²) in [5, 5.41) is 9.91. The molecule has 2 fully saturated rings. The molecule has 3 rings (SSSR count). The Morgan fingerprint density at radius 1 is 1.18 bits per heavy atom. The van der Waals surface area contributed by atoms with Crippen LogP contribution in [0, 0.1) is 0 Å². The Hall–Kier alpha value is -1.21. The first-order valence-corrected chi connectivity index (χ1v) is 8.05. The number of likely N-dealkylation sites (N-methyl/N-ethyl adjacent to an activating group) is 1. The van der Waals surface area contributed by atoms with Gasteiger partial charge in [0.05, 0.1) is 13.2 Å². The summed E-state index contributed by atoms with van der Waals surface area (Å²) in [6, 6.07) is 3.58. The molecule has 1 N–H and O–H groups in total. The Kier molecular flexibility index (Phi) is 5.25. The summed E-state index contributed by atoms with van der Waals surface area (Å²) in [5.41, 5.74) is 1.50. The van der Waals surface area contributed by atoms with Crippen LogP contribution in [0.3, 0.4) is 0 Å². The van der Waals surface area contributed by atoms with Gasteiger partial charge in [0.1, 0.15) is 11.4 Å². The van der Waals surface area contributed by atoms with E-state index in [4.69, 9.17) is 9.47 Å². The quantitative estimate of drug-likeness (QED) is 0.876. The number of aromatic nitrogens is 1. The predicted molar refractivity (Wildman–Crippen MR) is 82.8 cm³/mol. The van der Waals surface area contributed by atoms with Crippen LogP contribution in [0.1, 0.15) is 24.1 Å². The van der Waals surface area contributed by atoms with E-state index in [1.54, 1.807) is 6.07 Å². The largest absolute Gasteiger partial charge is 0.506 e. The van der Waals surface area contributed by atoms with Crippen LogP contribution in [0.2, 0.25) is 0 Å². The van der Waals surface area contributed by atoms with Crippen molar-refractivity contribution in [3.05, 3.63) is 23.5 Å². The van der Waals surface area contributed by atoms with Crippen molar-refractivity contribution in [2.75, 3.05) is 53.0 Å². The topological polar surface area (TPSA) is 58.1 Å². The van der Waals surface area contributed by atoms with Gasteiger partial charge in [-0.1, -0.05) is 0 Å². The first-order chi connectivity index (χ1) is 10.7. The minimum absolute atomic E-state index is 0.148. The SMILES string of the molecule is CN1CCN(CCCc2ccc(O)c(C3OCCO3)n2)CC1. The van der Waals surface area contributed by atoms with Crippen molar-refractivity contribution in [2.24, 2.45) is 0 Å². The molecule has 22 heavy (non-hydrogen) atoms. The van der Waals surface area contributed by atoms with Gasteiger partial charge in [-0.15, -0.1) is 0 Å². The molecule has 1 aromatic heterocycles. The van der Waals surface area contributed by atoms with Crippen molar-refractivity contribution in [3.8, 4) is 5.75 Å². The standard InChI is InChI=1S/C16H25N3O3/c1-18-7-9-19(10-8-18)6-2-3-13-4-5-14(20)15(17-13)16-21-11-12-22-16/h4-5,16,20H,2-3,6-12H2,1H3. The van der Waals surface area contributed by atoms with Crippen molar-refractivity contribution in [1.82, 2.24) is 14.8 Å². The Morgan fingerprint density at radius 2 is 1.91 bits per heavy atom. The van der Waals surface area contributed by atoms with Crippen LogP contribution in [-0.2, 0) is 15.9 Å². The van der Waals surface area contributed by atoms with Crippen LogP contribution in [0.4, 0.5) is 0 Å². The Bertz CT molecular complexity index is 484. The smallest absolute Gasteiger partial charge is 0.204 e. The minimum Gasteiger partial charge on any atom is -0.506 e. The van der Waals surface area contributed by atoms with Gasteiger partial charge in [-0.25, -0.2) is 4.98 Å². The zero-order chi connectivity index (χ0) is 15.4. The highest BCUT2D eigenvalue weighted by Gasteiger charge is 2.23. The lowest BCUT2D eigenvalue weighted by molar-refractivity contribution is -0.0488. The van der Waals surface area contributed by atoms with Crippen molar-refractivity contribution in [1.29, 1.82) is 0 Å². The molecule has 0 bridgehead atoms. The third-order valence-corrected chi connectivity index (χ3v) is 4.31. The fourth-order valence-corrected chi connectivity index (χ4v) is 2.89. The maximum atomic E-state index is 9.91. The number of hydrogen-bond donors (Lipinski definition) is 1. The average molecular weight is 307 g/mol. The molecule has 1 aromatic rings. The van der Waals surface area contributed by atoms with Crippen LogP contribution in [0.5, 0.6) is 5.75 Å². The summed E-state index contributed by atoms with van der Waals surface area (Å²) in [6.07, 6.45) is 1.47. The molecule has 0 aromatic carbocycles. The van der Waals surface area contributed by atoms with E-state index in [2.05, 4.69) is 21.8 Å². The third-order valence-electron chi connectivity index (χ3n) is 4.31. The Morgan fingerprint density at radius 3 is 2.64 bits per heavy atom. The molecule has 2 aliphatic heterocycles. The van der Waals surface area contributed by atoms with Gasteiger partial charge in [0.25, 0.3) is 0 Å². The van der Waals surface area contributed by atoms with E-state index in [0.29, 0.717) is 18.9 Å². The molecule has 6 nitrogen and oxygen atoms in total. The van der Waals surface area contributed by atoms with Crippen LogP contribution < -0.4 is 0 Å². The zero-order valence-corrected chi connectivity index (χ0v) is 13.2. The Labute approximate surface area is 131 Å². The molecule has 0 radical (unpaired) electrons. The van der Waals surface area contributed by atoms with Crippen molar-refractivity contribution in [2.45, 2.75) is 19.1 Å². The maximum Gasteiger partial charge on any atom is 0.204 e. The first kappa shape index (κ1) is 15.7. The van der Waals surface area contributed by atoms with Gasteiger partial charge in [0.15, 0.2) is 0 Å². The lowest BCUT2D eigenvalue weighted by Crippen LogP contribution is -2.44. The van der Waals surface area contributed by atoms with Crippen molar-refractivity contribution in [3.63, 3.8) is 0 Å². The van der Waals surface area contributed by atoms with E-state index in [0.717, 1.165) is 51.3 Å². The number of ether oxygens (including phenoxy) is 2. The molecule has 2 aliphatic rings. The molecular formula is C16H25N3O3. The van der Waals surface area contributed by atoms with Crippen LogP contribution in [0.15, 0.2) is 12.1 Å². The van der Waals surface area contributed by atoms with Gasteiger partial charge in [-0.3, -0.25) is 0 Å². The van der Waals surface area contributed by atoms with Crippen molar-refractivity contribution < 1.29 is 14.6 Å². The first-order valence-electron chi connectivity index (χ1n) is 8.05. The highest BCUT2D eigenvalue weighted by atomic mass is 16.7. The molecule has 3 heterocycles. The van der Waals surface area contributed by atoms with E-state index < -0.39 is 6.29 Å². The number of aryl methyl sites for hydroxylation is 1. The van der Waals surface area contributed by atoms with Gasteiger partial charge in [0.2, 0.25) is 6.29 Å². The number of aromatic hydroxyl groups is 1. The second-order valence-electron chi connectivity index (χ2n) is 6.03. The normalized spacial score (nSPS) is 21.5. The second-order valence-corrected chi connectivity index (χ2v) is 6.03. The molecule has 2 saturated heterocycles. The van der Waals surface area contributed by atoms with Gasteiger partial charge >= 0.3 is 0 Å². The Balaban J connectivity index is 1.51. The molecule has 0 aliphatic carbocycles. The van der Waals surface area contributed by atoms with E-state index in [1.165, 1.54) is 0 Å². The summed E-state index contributed by atoms with van der Waals surface area (Å²) >= 11 is 0. The van der Waals surface area contributed by atoms with E-state index in [1.807, 2.05) is 6.07 Å². The number of rotatable bonds is 5. The second kappa shape index (κ2) is 7.37. The van der Waals surface area contributed by atoms with Gasteiger partial charge in [-0.2, -0.15) is 0 Å². The summed E-state index contributed by atoms with van der Waals surface area (Å²) in [6.45, 7) is 6.81. The van der Waals surface area contributed by atoms with E-state index >= 15 is 0 Å². The van der Waals surface area contributed by atoms with Crippen LogP contribution in [-0.4, -0.2) is 72.9 Å². The fraction of sp³-hybridized carbons (Fsp3) is 0.688. The van der Waals surface area contributed by atoms with Gasteiger partial charge in [0, 0.05) is 31.9 Å². The summed E-state index contributed by atoms with van der Waals surface area (Å²) in [7, 11) is 2.17. The zero-order valence-electron chi connectivity index (χ0n) is 13.2. The van der Waals surface area contributed by atoms with Crippen LogP contribution >= 0.6 is 0 Å². The number of piperazine rings is 1. The number of pyridine rings is 1. The molecule has 0 atom stereocenters. The summed E-state index contributed by atoms with van der Waals surface area (Å²) in [4.78, 5) is 9.39. The highest BCUT2D eigenvalue weighted by Crippen LogP contribution is 2.29.